The van der Waals surface area contributed by atoms with E-state index in [-0.39, 0.29) is 17.7 Å². The molecule has 0 aromatic heterocycles. The van der Waals surface area contributed by atoms with Crippen molar-refractivity contribution >= 4 is 40.4 Å². The molecule has 0 saturated heterocycles. The normalized spacial score (nSPS) is 22.7. The van der Waals surface area contributed by atoms with Crippen molar-refractivity contribution in [3.8, 4) is 0 Å². The number of nitrogens with one attached hydrogen (secondary N) is 1. The van der Waals surface area contributed by atoms with E-state index in [1.54, 1.807) is 0 Å². The average molecular weight is 327 g/mol. The Balaban J connectivity index is 1.87. The van der Waals surface area contributed by atoms with Crippen molar-refractivity contribution in [1.29, 1.82) is 0 Å². The zero-order chi connectivity index (χ0) is 15.3. The largest absolute Gasteiger partial charge is 0.353 e. The van der Waals surface area contributed by atoms with Crippen LogP contribution in [0.25, 0.3) is 0 Å². The van der Waals surface area contributed by atoms with E-state index >= 15 is 0 Å². The number of nitrogens with zero attached hydrogens (tertiary/aromatic N) is 1. The van der Waals surface area contributed by atoms with Crippen molar-refractivity contribution in [2.24, 2.45) is 10.9 Å². The van der Waals surface area contributed by atoms with Gasteiger partial charge in [0.15, 0.2) is 10.9 Å². The molecule has 1 aliphatic heterocycles. The topological polar surface area (TPSA) is 41.5 Å². The smallest absolute Gasteiger partial charge is 0.193 e. The van der Waals surface area contributed by atoms with Crippen molar-refractivity contribution in [3.63, 3.8) is 0 Å². The van der Waals surface area contributed by atoms with E-state index in [1.165, 1.54) is 0 Å². The van der Waals surface area contributed by atoms with Crippen LogP contribution in [-0.2, 0) is 0 Å². The van der Waals surface area contributed by atoms with Crippen molar-refractivity contribution in [2.45, 2.75) is 6.04 Å². The van der Waals surface area contributed by atoms with Gasteiger partial charge in [0.2, 0.25) is 0 Å². The minimum absolute atomic E-state index is 0.0781. The summed E-state index contributed by atoms with van der Waals surface area (Å²) in [5, 5.41) is 4.20. The summed E-state index contributed by atoms with van der Waals surface area (Å²) in [5.74, 6) is -0.281. The molecule has 3 nitrogen and oxygen atoms in total. The molecule has 108 valence electrons. The van der Waals surface area contributed by atoms with Gasteiger partial charge in [-0.1, -0.05) is 48.0 Å². The van der Waals surface area contributed by atoms with Gasteiger partial charge in [-0.15, -0.1) is 0 Å². The highest BCUT2D eigenvalue weighted by atomic mass is 35.5. The Morgan fingerprint density at radius 1 is 1.09 bits per heavy atom. The zero-order valence-electron chi connectivity index (χ0n) is 11.4. The number of ketones is 1. The van der Waals surface area contributed by atoms with Crippen LogP contribution in [-0.4, -0.2) is 16.6 Å². The number of halogens is 1. The first-order chi connectivity index (χ1) is 10.6. The Kier molecular flexibility index (Phi) is 3.10. The molecule has 0 saturated carbocycles. The van der Waals surface area contributed by atoms with Crippen LogP contribution >= 0.6 is 23.8 Å². The highest BCUT2D eigenvalue weighted by molar-refractivity contribution is 7.80. The number of hydrogen-bond donors (Lipinski definition) is 1. The van der Waals surface area contributed by atoms with Gasteiger partial charge in [-0.3, -0.25) is 4.79 Å². The first kappa shape index (κ1) is 13.6. The summed E-state index contributed by atoms with van der Waals surface area (Å²) in [5.41, 5.74) is 3.29. The lowest BCUT2D eigenvalue weighted by Crippen LogP contribution is -2.41. The van der Waals surface area contributed by atoms with Crippen molar-refractivity contribution < 1.29 is 4.79 Å². The fourth-order valence-corrected chi connectivity index (χ4v) is 3.58. The van der Waals surface area contributed by atoms with Gasteiger partial charge >= 0.3 is 0 Å². The predicted molar refractivity (Wildman–Crippen MR) is 90.7 cm³/mol. The third kappa shape index (κ3) is 1.99. The summed E-state index contributed by atoms with van der Waals surface area (Å²) in [6.45, 7) is 0. The van der Waals surface area contributed by atoms with E-state index in [9.17, 15) is 4.79 Å². The van der Waals surface area contributed by atoms with E-state index in [2.05, 4.69) is 10.3 Å². The van der Waals surface area contributed by atoms with Crippen LogP contribution < -0.4 is 5.32 Å². The van der Waals surface area contributed by atoms with Crippen LogP contribution in [0.4, 0.5) is 0 Å². The number of fused-ring (bicyclic) bond motifs is 3. The maximum absolute atomic E-state index is 12.8. The van der Waals surface area contributed by atoms with Crippen LogP contribution in [0.15, 0.2) is 53.5 Å². The van der Waals surface area contributed by atoms with Gasteiger partial charge < -0.3 is 5.32 Å². The molecule has 0 bridgehead atoms. The van der Waals surface area contributed by atoms with Crippen LogP contribution in [0, 0.1) is 5.92 Å². The number of Topliss-reactive ketones (excluding diaryl/α,β-unsaturated/α-hetero) is 1. The highest BCUT2D eigenvalue weighted by Gasteiger charge is 2.44. The van der Waals surface area contributed by atoms with E-state index in [0.717, 1.165) is 16.8 Å². The molecular weight excluding hydrogens is 316 g/mol. The van der Waals surface area contributed by atoms with E-state index in [0.29, 0.717) is 15.7 Å². The van der Waals surface area contributed by atoms with Crippen LogP contribution in [0.2, 0.25) is 5.02 Å². The lowest BCUT2D eigenvalue weighted by atomic mass is 9.87. The molecule has 2 aromatic carbocycles. The molecule has 0 radical (unpaired) electrons. The first-order valence-electron chi connectivity index (χ1n) is 6.93. The fourth-order valence-electron chi connectivity index (χ4n) is 3.15. The van der Waals surface area contributed by atoms with Gasteiger partial charge in [0.05, 0.1) is 17.7 Å². The SMILES string of the molecule is O=C1c2ccccc2C2=NC(=S)NC(c3cccc(Cl)c3)C12. The molecule has 2 unspecified atom stereocenters. The fraction of sp³-hybridized carbons (Fsp3) is 0.118. The monoisotopic (exact) mass is 326 g/mol. The third-order valence-electron chi connectivity index (χ3n) is 4.09. The second-order valence-corrected chi connectivity index (χ2v) is 6.19. The van der Waals surface area contributed by atoms with E-state index < -0.39 is 0 Å². The third-order valence-corrected chi connectivity index (χ3v) is 4.53. The lowest BCUT2D eigenvalue weighted by molar-refractivity contribution is 0.0944. The highest BCUT2D eigenvalue weighted by Crippen LogP contribution is 2.38. The molecule has 0 fully saturated rings. The summed E-state index contributed by atoms with van der Waals surface area (Å²) < 4.78 is 0. The number of benzene rings is 2. The average Bonchev–Trinajstić information content (AvgIpc) is 2.80. The molecule has 22 heavy (non-hydrogen) atoms. The molecule has 1 heterocycles. The molecule has 1 aliphatic carbocycles. The van der Waals surface area contributed by atoms with Gasteiger partial charge in [-0.2, -0.15) is 0 Å². The first-order valence-corrected chi connectivity index (χ1v) is 7.72. The predicted octanol–water partition coefficient (Wildman–Crippen LogP) is 3.57. The Bertz CT molecular complexity index is 846. The van der Waals surface area contributed by atoms with Crippen LogP contribution in [0.1, 0.15) is 27.5 Å². The quantitative estimate of drug-likeness (QED) is 0.815. The van der Waals surface area contributed by atoms with Crippen molar-refractivity contribution in [3.05, 3.63) is 70.2 Å². The zero-order valence-corrected chi connectivity index (χ0v) is 13.0. The molecule has 0 spiro atoms. The second-order valence-electron chi connectivity index (χ2n) is 5.37. The summed E-state index contributed by atoms with van der Waals surface area (Å²) in [4.78, 5) is 17.2. The van der Waals surface area contributed by atoms with Gasteiger partial charge in [0.1, 0.15) is 0 Å². The standard InChI is InChI=1S/C17H11ClN2OS/c18-10-5-3-4-9(8-10)14-13-15(20-17(22)19-14)11-6-1-2-7-12(11)16(13)21/h1-8,13-14H,(H,19,22). The number of hydrogen-bond acceptors (Lipinski definition) is 2. The Labute approximate surface area is 138 Å². The summed E-state index contributed by atoms with van der Waals surface area (Å²) in [6.07, 6.45) is 0. The van der Waals surface area contributed by atoms with Crippen LogP contribution in [0.5, 0.6) is 0 Å². The summed E-state index contributed by atoms with van der Waals surface area (Å²) in [7, 11) is 0. The van der Waals surface area contributed by atoms with Gasteiger partial charge in [0.25, 0.3) is 0 Å². The molecular formula is C17H11ClN2OS. The molecule has 2 atom stereocenters. The maximum atomic E-state index is 12.8. The molecule has 1 N–H and O–H groups in total. The number of aliphatic imine (C=N–C) groups is 1. The minimum atomic E-state index is -0.359. The Hall–Kier alpha value is -2.04. The molecule has 2 aliphatic rings. The molecule has 4 rings (SSSR count). The summed E-state index contributed by atoms with van der Waals surface area (Å²) in [6, 6.07) is 14.8. The Morgan fingerprint density at radius 2 is 1.86 bits per heavy atom. The number of carbonyl (C=O) groups is 1. The molecule has 5 heteroatoms. The van der Waals surface area contributed by atoms with Crippen molar-refractivity contribution in [1.82, 2.24) is 5.32 Å². The summed E-state index contributed by atoms with van der Waals surface area (Å²) >= 11 is 11.4. The van der Waals surface area contributed by atoms with Gasteiger partial charge in [0, 0.05) is 16.1 Å². The minimum Gasteiger partial charge on any atom is -0.353 e. The lowest BCUT2D eigenvalue weighted by Gasteiger charge is -2.29. The van der Waals surface area contributed by atoms with Gasteiger partial charge in [-0.05, 0) is 29.9 Å². The second kappa shape index (κ2) is 5.00. The van der Waals surface area contributed by atoms with E-state index in [1.807, 2.05) is 48.5 Å². The maximum Gasteiger partial charge on any atom is 0.193 e. The Morgan fingerprint density at radius 3 is 2.64 bits per heavy atom. The number of rotatable bonds is 1. The molecule has 0 amide bonds. The van der Waals surface area contributed by atoms with Crippen LogP contribution in [0.3, 0.4) is 0 Å². The number of thiocarbonyl (C=S) groups is 1. The molecule has 2 aromatic rings. The number of carbonyl (C=O) groups excluding carboxylic acids is 1. The van der Waals surface area contributed by atoms with E-state index in [4.69, 9.17) is 23.8 Å². The van der Waals surface area contributed by atoms with Gasteiger partial charge in [-0.25, -0.2) is 4.99 Å². The van der Waals surface area contributed by atoms with Crippen molar-refractivity contribution in [2.75, 3.05) is 0 Å².